The van der Waals surface area contributed by atoms with Crippen molar-refractivity contribution in [3.05, 3.63) is 23.8 Å². The molecule has 0 aliphatic carbocycles. The molecule has 21 heavy (non-hydrogen) atoms. The molecule has 1 heterocycles. The Kier molecular flexibility index (Phi) is 4.92. The van der Waals surface area contributed by atoms with Crippen LogP contribution in [0.15, 0.2) is 18.2 Å². The van der Waals surface area contributed by atoms with Gasteiger partial charge in [-0.05, 0) is 17.7 Å². The summed E-state index contributed by atoms with van der Waals surface area (Å²) in [6.07, 6.45) is 0. The monoisotopic (exact) mass is 313 g/mol. The highest BCUT2D eigenvalue weighted by atomic mass is 32.2. The zero-order valence-corrected chi connectivity index (χ0v) is 12.1. The van der Waals surface area contributed by atoms with E-state index in [1.807, 2.05) is 0 Å². The molecule has 7 nitrogen and oxygen atoms in total. The van der Waals surface area contributed by atoms with Crippen LogP contribution in [-0.4, -0.2) is 47.7 Å². The minimum absolute atomic E-state index is 0.145. The van der Waals surface area contributed by atoms with E-state index in [1.54, 1.807) is 18.2 Å². The molecule has 0 amide bonds. The molecule has 0 aromatic heterocycles. The van der Waals surface area contributed by atoms with Crippen LogP contribution in [0, 0.1) is 0 Å². The number of hydrogen-bond donors (Lipinski definition) is 3. The maximum absolute atomic E-state index is 10.9. The first kappa shape index (κ1) is 15.5. The Hall–Kier alpha value is -1.93. The Morgan fingerprint density at radius 2 is 2.14 bits per heavy atom. The van der Waals surface area contributed by atoms with Gasteiger partial charge in [0.25, 0.3) is 0 Å². The zero-order valence-electron chi connectivity index (χ0n) is 11.2. The number of carboxylic acids is 2. The van der Waals surface area contributed by atoms with Gasteiger partial charge in [-0.25, -0.2) is 4.79 Å². The number of methoxy groups -OCH3 is 1. The summed E-state index contributed by atoms with van der Waals surface area (Å²) in [5.74, 6) is -0.715. The van der Waals surface area contributed by atoms with Gasteiger partial charge in [-0.2, -0.15) is 0 Å². The van der Waals surface area contributed by atoms with Crippen LogP contribution < -0.4 is 14.8 Å². The van der Waals surface area contributed by atoms with Crippen LogP contribution in [0.2, 0.25) is 0 Å². The van der Waals surface area contributed by atoms with Gasteiger partial charge in [0.15, 0.2) is 18.1 Å². The molecule has 0 unspecified atom stereocenters. The summed E-state index contributed by atoms with van der Waals surface area (Å²) in [5.41, 5.74) is 0.850. The van der Waals surface area contributed by atoms with Gasteiger partial charge < -0.3 is 19.7 Å². The summed E-state index contributed by atoms with van der Waals surface area (Å²) in [7, 11) is 1.46. The Morgan fingerprint density at radius 1 is 1.38 bits per heavy atom. The quantitative estimate of drug-likeness (QED) is 0.713. The van der Waals surface area contributed by atoms with Crippen LogP contribution in [0.4, 0.5) is 0 Å². The first-order chi connectivity index (χ1) is 10.0. The highest BCUT2D eigenvalue weighted by molar-refractivity contribution is 7.99. The van der Waals surface area contributed by atoms with Crippen molar-refractivity contribution in [2.75, 3.05) is 19.5 Å². The van der Waals surface area contributed by atoms with Gasteiger partial charge in [-0.15, -0.1) is 11.8 Å². The maximum Gasteiger partial charge on any atom is 0.341 e. The van der Waals surface area contributed by atoms with Crippen LogP contribution in [0.5, 0.6) is 11.5 Å². The average molecular weight is 313 g/mol. The highest BCUT2D eigenvalue weighted by Gasteiger charge is 2.30. The molecule has 0 spiro atoms. The second-order valence-corrected chi connectivity index (χ2v) is 5.50. The number of thioether (sulfide) groups is 1. The maximum atomic E-state index is 10.9. The standard InChI is InChI=1S/C13H15NO6S/c1-19-10-4-7(2-3-9(10)20-5-11(15)16)12-14-8(6-21-12)13(17)18/h2-4,8,12,14H,5-6H2,1H3,(H,15,16)(H,17,18)/t8-,12-/m1/s1. The number of nitrogens with one attached hydrogen (secondary N) is 1. The summed E-state index contributed by atoms with van der Waals surface area (Å²) in [5, 5.41) is 20.4. The number of carbonyl (C=O) groups is 2. The van der Waals surface area contributed by atoms with Crippen molar-refractivity contribution in [2.24, 2.45) is 0 Å². The first-order valence-electron chi connectivity index (χ1n) is 6.14. The van der Waals surface area contributed by atoms with Gasteiger partial charge in [0.1, 0.15) is 6.04 Å². The van der Waals surface area contributed by atoms with E-state index >= 15 is 0 Å². The third-order valence-electron chi connectivity index (χ3n) is 2.92. The summed E-state index contributed by atoms with van der Waals surface area (Å²) in [4.78, 5) is 21.4. The van der Waals surface area contributed by atoms with Gasteiger partial charge in [-0.1, -0.05) is 6.07 Å². The first-order valence-corrected chi connectivity index (χ1v) is 7.19. The fraction of sp³-hybridized carbons (Fsp3) is 0.385. The Bertz CT molecular complexity index is 549. The molecular weight excluding hydrogens is 298 g/mol. The normalized spacial score (nSPS) is 21.0. The third kappa shape index (κ3) is 3.79. The van der Waals surface area contributed by atoms with E-state index in [4.69, 9.17) is 19.7 Å². The van der Waals surface area contributed by atoms with Crippen molar-refractivity contribution in [3.8, 4) is 11.5 Å². The molecule has 0 saturated carbocycles. The Balaban J connectivity index is 2.12. The minimum atomic E-state index is -1.07. The third-order valence-corrected chi connectivity index (χ3v) is 4.19. The van der Waals surface area contributed by atoms with Crippen molar-refractivity contribution >= 4 is 23.7 Å². The molecule has 2 atom stereocenters. The molecular formula is C13H15NO6S. The predicted molar refractivity (Wildman–Crippen MR) is 75.9 cm³/mol. The SMILES string of the molecule is COc1cc([C@@H]2N[C@@H](C(=O)O)CS2)ccc1OCC(=O)O. The van der Waals surface area contributed by atoms with Crippen molar-refractivity contribution in [2.45, 2.75) is 11.4 Å². The Labute approximate surface area is 125 Å². The van der Waals surface area contributed by atoms with E-state index in [2.05, 4.69) is 5.32 Å². The second-order valence-electron chi connectivity index (χ2n) is 4.36. The lowest BCUT2D eigenvalue weighted by atomic mass is 10.2. The molecule has 1 fully saturated rings. The van der Waals surface area contributed by atoms with E-state index < -0.39 is 24.6 Å². The number of benzene rings is 1. The van der Waals surface area contributed by atoms with Gasteiger partial charge in [0.2, 0.25) is 0 Å². The van der Waals surface area contributed by atoms with E-state index in [0.29, 0.717) is 17.3 Å². The second kappa shape index (κ2) is 6.68. The summed E-state index contributed by atoms with van der Waals surface area (Å²) < 4.78 is 10.3. The number of carboxylic acid groups (broad SMARTS) is 2. The molecule has 1 aromatic rings. The van der Waals surface area contributed by atoms with Crippen LogP contribution in [0.1, 0.15) is 10.9 Å². The van der Waals surface area contributed by atoms with Crippen molar-refractivity contribution in [1.82, 2.24) is 5.32 Å². The lowest BCUT2D eigenvalue weighted by Crippen LogP contribution is -2.33. The molecule has 114 valence electrons. The Morgan fingerprint density at radius 3 is 2.71 bits per heavy atom. The lowest BCUT2D eigenvalue weighted by molar-refractivity contribution is -0.140. The summed E-state index contributed by atoms with van der Waals surface area (Å²) in [6, 6.07) is 4.52. The lowest BCUT2D eigenvalue weighted by Gasteiger charge is -2.15. The smallest absolute Gasteiger partial charge is 0.341 e. The molecule has 1 aliphatic heterocycles. The molecule has 1 aromatic carbocycles. The van der Waals surface area contributed by atoms with Gasteiger partial charge in [-0.3, -0.25) is 10.1 Å². The number of aliphatic carboxylic acids is 2. The number of rotatable bonds is 6. The fourth-order valence-corrected chi connectivity index (χ4v) is 3.14. The number of ether oxygens (including phenoxy) is 2. The average Bonchev–Trinajstić information content (AvgIpc) is 2.94. The van der Waals surface area contributed by atoms with E-state index in [0.717, 1.165) is 5.56 Å². The fourth-order valence-electron chi connectivity index (χ4n) is 1.91. The largest absolute Gasteiger partial charge is 0.493 e. The molecule has 0 bridgehead atoms. The molecule has 1 saturated heterocycles. The topological polar surface area (TPSA) is 105 Å². The summed E-state index contributed by atoms with van der Waals surface area (Å²) in [6.45, 7) is -0.451. The molecule has 1 aliphatic rings. The molecule has 0 radical (unpaired) electrons. The van der Waals surface area contributed by atoms with Crippen LogP contribution >= 0.6 is 11.8 Å². The van der Waals surface area contributed by atoms with Gasteiger partial charge >= 0.3 is 11.9 Å². The van der Waals surface area contributed by atoms with Crippen molar-refractivity contribution in [3.63, 3.8) is 0 Å². The zero-order chi connectivity index (χ0) is 15.4. The van der Waals surface area contributed by atoms with E-state index in [1.165, 1.54) is 18.9 Å². The predicted octanol–water partition coefficient (Wildman–Crippen LogP) is 0.947. The number of hydrogen-bond acceptors (Lipinski definition) is 6. The molecule has 8 heteroatoms. The summed E-state index contributed by atoms with van der Waals surface area (Å²) >= 11 is 1.49. The molecule has 3 N–H and O–H groups in total. The van der Waals surface area contributed by atoms with Gasteiger partial charge in [0, 0.05) is 5.75 Å². The highest BCUT2D eigenvalue weighted by Crippen LogP contribution is 2.37. The minimum Gasteiger partial charge on any atom is -0.493 e. The van der Waals surface area contributed by atoms with Crippen molar-refractivity contribution < 1.29 is 29.3 Å². The van der Waals surface area contributed by atoms with Crippen LogP contribution in [0.3, 0.4) is 0 Å². The van der Waals surface area contributed by atoms with Crippen LogP contribution in [0.25, 0.3) is 0 Å². The van der Waals surface area contributed by atoms with E-state index in [-0.39, 0.29) is 5.37 Å². The molecule has 2 rings (SSSR count). The van der Waals surface area contributed by atoms with Crippen molar-refractivity contribution in [1.29, 1.82) is 0 Å². The van der Waals surface area contributed by atoms with Crippen LogP contribution in [-0.2, 0) is 9.59 Å². The van der Waals surface area contributed by atoms with E-state index in [9.17, 15) is 9.59 Å². The van der Waals surface area contributed by atoms with Gasteiger partial charge in [0.05, 0.1) is 12.5 Å².